The molecule has 4 rings (SSSR count). The molecule has 3 aromatic rings. The summed E-state index contributed by atoms with van der Waals surface area (Å²) in [5, 5.41) is 5.88. The standard InChI is InChI=1S/C23H26N4O4S2/c1-15-9-11-27(14-15)21(28)8-10-24-22(29)26-23-25-19-7-6-17(13-20(19)32-23)16-4-3-5-18(12-16)33(2,30)31/h3-7,12-13,15H,8-11,14H2,1-2H3,(H2,24,25,26,29). The van der Waals surface area contributed by atoms with Crippen LogP contribution in [0.25, 0.3) is 21.3 Å². The highest BCUT2D eigenvalue weighted by molar-refractivity contribution is 7.90. The maximum atomic E-state index is 12.2. The molecule has 2 aromatic carbocycles. The molecule has 1 unspecified atom stereocenters. The molecule has 1 saturated heterocycles. The van der Waals surface area contributed by atoms with Crippen LogP contribution in [0.3, 0.4) is 0 Å². The predicted octanol–water partition coefficient (Wildman–Crippen LogP) is 3.75. The summed E-state index contributed by atoms with van der Waals surface area (Å²) >= 11 is 1.33. The number of sulfone groups is 1. The zero-order valence-electron chi connectivity index (χ0n) is 18.5. The van der Waals surface area contributed by atoms with E-state index < -0.39 is 15.9 Å². The molecular formula is C23H26N4O4S2. The van der Waals surface area contributed by atoms with Crippen molar-refractivity contribution in [2.75, 3.05) is 31.2 Å². The summed E-state index contributed by atoms with van der Waals surface area (Å²) in [4.78, 5) is 31.0. The third kappa shape index (κ3) is 5.69. The number of anilines is 1. The summed E-state index contributed by atoms with van der Waals surface area (Å²) in [5.74, 6) is 0.598. The summed E-state index contributed by atoms with van der Waals surface area (Å²) in [5.41, 5.74) is 2.39. The molecule has 1 atom stereocenters. The second-order valence-corrected chi connectivity index (χ2v) is 11.4. The van der Waals surface area contributed by atoms with E-state index in [1.807, 2.05) is 29.2 Å². The number of carbonyl (C=O) groups excluding carboxylic acids is 2. The number of nitrogens with zero attached hydrogens (tertiary/aromatic N) is 2. The van der Waals surface area contributed by atoms with Crippen LogP contribution in [0.15, 0.2) is 47.4 Å². The molecule has 2 heterocycles. The Morgan fingerprint density at radius 3 is 2.70 bits per heavy atom. The molecule has 2 N–H and O–H groups in total. The van der Waals surface area contributed by atoms with E-state index >= 15 is 0 Å². The number of aromatic nitrogens is 1. The minimum atomic E-state index is -3.29. The Morgan fingerprint density at radius 2 is 1.97 bits per heavy atom. The Hall–Kier alpha value is -2.98. The van der Waals surface area contributed by atoms with E-state index in [-0.39, 0.29) is 23.8 Å². The van der Waals surface area contributed by atoms with Crippen LogP contribution in [0.5, 0.6) is 0 Å². The fourth-order valence-corrected chi connectivity index (χ4v) is 5.37. The lowest BCUT2D eigenvalue weighted by molar-refractivity contribution is -0.130. The van der Waals surface area contributed by atoms with E-state index in [1.54, 1.807) is 18.2 Å². The first-order valence-corrected chi connectivity index (χ1v) is 13.4. The molecule has 1 aromatic heterocycles. The lowest BCUT2D eigenvalue weighted by Crippen LogP contribution is -2.34. The van der Waals surface area contributed by atoms with Gasteiger partial charge in [-0.1, -0.05) is 36.5 Å². The molecule has 174 valence electrons. The second kappa shape index (κ2) is 9.48. The third-order valence-corrected chi connectivity index (χ3v) is 7.65. The Labute approximate surface area is 196 Å². The highest BCUT2D eigenvalue weighted by atomic mass is 32.2. The van der Waals surface area contributed by atoms with Crippen molar-refractivity contribution in [3.05, 3.63) is 42.5 Å². The van der Waals surface area contributed by atoms with Crippen molar-refractivity contribution < 1.29 is 18.0 Å². The van der Waals surface area contributed by atoms with Gasteiger partial charge in [0.15, 0.2) is 15.0 Å². The van der Waals surface area contributed by atoms with Gasteiger partial charge in [0.2, 0.25) is 5.91 Å². The van der Waals surface area contributed by atoms with Gasteiger partial charge in [-0.05, 0) is 47.7 Å². The van der Waals surface area contributed by atoms with E-state index in [9.17, 15) is 18.0 Å². The Bertz CT molecular complexity index is 1300. The number of nitrogens with one attached hydrogen (secondary N) is 2. The average molecular weight is 487 g/mol. The molecule has 1 aliphatic heterocycles. The van der Waals surface area contributed by atoms with Gasteiger partial charge in [-0.2, -0.15) is 0 Å². The SMILES string of the molecule is CC1CCN(C(=O)CCNC(=O)Nc2nc3ccc(-c4cccc(S(C)(=O)=O)c4)cc3s2)C1. The van der Waals surface area contributed by atoms with Gasteiger partial charge in [-0.25, -0.2) is 18.2 Å². The number of fused-ring (bicyclic) bond motifs is 1. The van der Waals surface area contributed by atoms with Crippen molar-refractivity contribution in [1.29, 1.82) is 0 Å². The highest BCUT2D eigenvalue weighted by Crippen LogP contribution is 2.31. The van der Waals surface area contributed by atoms with Crippen LogP contribution in [0.4, 0.5) is 9.93 Å². The number of carbonyl (C=O) groups is 2. The van der Waals surface area contributed by atoms with Gasteiger partial charge in [0.25, 0.3) is 0 Å². The minimum absolute atomic E-state index is 0.0621. The monoisotopic (exact) mass is 486 g/mol. The summed E-state index contributed by atoms with van der Waals surface area (Å²) < 4.78 is 24.6. The molecule has 1 aliphatic rings. The van der Waals surface area contributed by atoms with Gasteiger partial charge in [-0.15, -0.1) is 0 Å². The fraction of sp³-hybridized carbons (Fsp3) is 0.348. The van der Waals surface area contributed by atoms with E-state index in [4.69, 9.17) is 0 Å². The number of thiazole rings is 1. The van der Waals surface area contributed by atoms with Crippen LogP contribution in [-0.2, 0) is 14.6 Å². The first kappa shape index (κ1) is 23.2. The van der Waals surface area contributed by atoms with Crippen molar-refractivity contribution in [3.8, 4) is 11.1 Å². The number of benzene rings is 2. The smallest absolute Gasteiger partial charge is 0.321 e. The first-order valence-electron chi connectivity index (χ1n) is 10.7. The van der Waals surface area contributed by atoms with Crippen LogP contribution in [0, 0.1) is 5.92 Å². The highest BCUT2D eigenvalue weighted by Gasteiger charge is 2.22. The topological polar surface area (TPSA) is 108 Å². The van der Waals surface area contributed by atoms with E-state index in [2.05, 4.69) is 22.5 Å². The van der Waals surface area contributed by atoms with Crippen molar-refractivity contribution in [2.45, 2.75) is 24.7 Å². The van der Waals surface area contributed by atoms with Crippen LogP contribution in [-0.4, -0.2) is 56.1 Å². The number of rotatable bonds is 6. The van der Waals surface area contributed by atoms with Gasteiger partial charge in [0, 0.05) is 32.3 Å². The molecule has 8 nitrogen and oxygen atoms in total. The zero-order valence-corrected chi connectivity index (χ0v) is 20.1. The lowest BCUT2D eigenvalue weighted by Gasteiger charge is -2.15. The Morgan fingerprint density at radius 1 is 1.18 bits per heavy atom. The molecule has 0 bridgehead atoms. The number of hydrogen-bond acceptors (Lipinski definition) is 6. The van der Waals surface area contributed by atoms with Crippen molar-refractivity contribution in [3.63, 3.8) is 0 Å². The van der Waals surface area contributed by atoms with Crippen LogP contribution in [0.2, 0.25) is 0 Å². The maximum Gasteiger partial charge on any atom is 0.321 e. The molecule has 0 aliphatic carbocycles. The third-order valence-electron chi connectivity index (χ3n) is 5.61. The molecular weight excluding hydrogens is 460 g/mol. The molecule has 0 radical (unpaired) electrons. The van der Waals surface area contributed by atoms with E-state index in [0.29, 0.717) is 11.0 Å². The lowest BCUT2D eigenvalue weighted by atomic mass is 10.1. The van der Waals surface area contributed by atoms with E-state index in [0.717, 1.165) is 40.9 Å². The van der Waals surface area contributed by atoms with Gasteiger partial charge in [0.05, 0.1) is 15.1 Å². The van der Waals surface area contributed by atoms with Gasteiger partial charge >= 0.3 is 6.03 Å². The Balaban J connectivity index is 1.37. The predicted molar refractivity (Wildman–Crippen MR) is 130 cm³/mol. The largest absolute Gasteiger partial charge is 0.342 e. The first-order chi connectivity index (χ1) is 15.7. The van der Waals surface area contributed by atoms with E-state index in [1.165, 1.54) is 17.6 Å². The molecule has 10 heteroatoms. The number of amides is 3. The zero-order chi connectivity index (χ0) is 23.6. The quantitative estimate of drug-likeness (QED) is 0.552. The summed E-state index contributed by atoms with van der Waals surface area (Å²) in [7, 11) is -3.29. The van der Waals surface area contributed by atoms with Crippen molar-refractivity contribution in [1.82, 2.24) is 15.2 Å². The van der Waals surface area contributed by atoms with Gasteiger partial charge in [0.1, 0.15) is 0 Å². The molecule has 0 saturated carbocycles. The summed E-state index contributed by atoms with van der Waals surface area (Å²) in [6, 6.07) is 12.0. The Kier molecular flexibility index (Phi) is 6.66. The fourth-order valence-electron chi connectivity index (χ4n) is 3.81. The van der Waals surface area contributed by atoms with Crippen molar-refractivity contribution in [2.24, 2.45) is 5.92 Å². The second-order valence-electron chi connectivity index (χ2n) is 8.37. The number of hydrogen-bond donors (Lipinski definition) is 2. The molecule has 1 fully saturated rings. The van der Waals surface area contributed by atoms with Crippen LogP contribution >= 0.6 is 11.3 Å². The molecule has 0 spiro atoms. The van der Waals surface area contributed by atoms with Crippen LogP contribution < -0.4 is 10.6 Å². The molecule has 3 amide bonds. The number of likely N-dealkylation sites (tertiary alicyclic amines) is 1. The normalized spacial score (nSPS) is 16.2. The summed E-state index contributed by atoms with van der Waals surface area (Å²) in [6.45, 7) is 3.98. The summed E-state index contributed by atoms with van der Waals surface area (Å²) in [6.07, 6.45) is 2.49. The molecule has 33 heavy (non-hydrogen) atoms. The van der Waals surface area contributed by atoms with Gasteiger partial charge in [-0.3, -0.25) is 10.1 Å². The average Bonchev–Trinajstić information content (AvgIpc) is 3.38. The number of urea groups is 1. The minimum Gasteiger partial charge on any atom is -0.342 e. The maximum absolute atomic E-state index is 12.2. The van der Waals surface area contributed by atoms with Crippen LogP contribution in [0.1, 0.15) is 19.8 Å². The van der Waals surface area contributed by atoms with Gasteiger partial charge < -0.3 is 10.2 Å². The van der Waals surface area contributed by atoms with Crippen molar-refractivity contribution >= 4 is 48.5 Å².